The van der Waals surface area contributed by atoms with Crippen LogP contribution in [-0.4, -0.2) is 37.6 Å². The third-order valence-electron chi connectivity index (χ3n) is 7.62. The Labute approximate surface area is 184 Å². The normalized spacial score (nSPS) is 30.6. The summed E-state index contributed by atoms with van der Waals surface area (Å²) in [5.41, 5.74) is 2.76. The van der Waals surface area contributed by atoms with Crippen LogP contribution < -0.4 is 10.6 Å². The molecule has 7 nitrogen and oxygen atoms in total. The number of halogens is 1. The Morgan fingerprint density at radius 1 is 1.16 bits per heavy atom. The fourth-order valence-electron chi connectivity index (χ4n) is 6.48. The third kappa shape index (κ3) is 3.33. The fraction of sp³-hybridized carbons (Fsp3) is 0.458. The number of pyridine rings is 1. The molecule has 2 aromatic heterocycles. The first-order chi connectivity index (χ1) is 15.5. The lowest BCUT2D eigenvalue weighted by Crippen LogP contribution is -2.59. The largest absolute Gasteiger partial charge is 0.390 e. The van der Waals surface area contributed by atoms with Crippen LogP contribution in [0.1, 0.15) is 48.0 Å². The molecule has 4 aliphatic rings. The van der Waals surface area contributed by atoms with E-state index < -0.39 is 5.60 Å². The van der Waals surface area contributed by atoms with E-state index in [1.54, 1.807) is 24.7 Å². The molecule has 32 heavy (non-hydrogen) atoms. The maximum absolute atomic E-state index is 13.2. The third-order valence-corrected chi connectivity index (χ3v) is 7.62. The maximum atomic E-state index is 13.2. The monoisotopic (exact) mass is 435 g/mol. The Kier molecular flexibility index (Phi) is 4.47. The van der Waals surface area contributed by atoms with E-state index in [4.69, 9.17) is 0 Å². The van der Waals surface area contributed by atoms with Gasteiger partial charge in [0.25, 0.3) is 5.91 Å². The van der Waals surface area contributed by atoms with Gasteiger partial charge in [-0.15, -0.1) is 0 Å². The molecule has 0 spiro atoms. The van der Waals surface area contributed by atoms with Crippen molar-refractivity contribution in [2.24, 2.45) is 17.8 Å². The SMILES string of the molecule is O=C(NCc1ccc(F)cc1)c1cnc2nc[nH]c2c1NC1[C@@H]2CC3C[C@H]1CC(O)(C3)C2. The van der Waals surface area contributed by atoms with Crippen molar-refractivity contribution in [2.45, 2.75) is 50.3 Å². The highest BCUT2D eigenvalue weighted by atomic mass is 19.1. The molecule has 2 heterocycles. The van der Waals surface area contributed by atoms with Gasteiger partial charge in [0.15, 0.2) is 5.65 Å². The van der Waals surface area contributed by atoms with Crippen molar-refractivity contribution in [1.29, 1.82) is 0 Å². The number of aliphatic hydroxyl groups is 1. The van der Waals surface area contributed by atoms with Gasteiger partial charge in [-0.25, -0.2) is 14.4 Å². The highest BCUT2D eigenvalue weighted by Gasteiger charge is 2.54. The zero-order valence-electron chi connectivity index (χ0n) is 17.6. The van der Waals surface area contributed by atoms with Crippen LogP contribution in [0.4, 0.5) is 10.1 Å². The number of benzene rings is 1. The van der Waals surface area contributed by atoms with E-state index in [0.717, 1.165) is 37.7 Å². The van der Waals surface area contributed by atoms with Crippen molar-refractivity contribution in [3.05, 3.63) is 53.7 Å². The number of amides is 1. The molecule has 0 aliphatic heterocycles. The number of carbonyl (C=O) groups is 1. The molecule has 4 aliphatic carbocycles. The number of carbonyl (C=O) groups excluding carboxylic acids is 1. The minimum absolute atomic E-state index is 0.212. The van der Waals surface area contributed by atoms with Crippen molar-refractivity contribution in [3.63, 3.8) is 0 Å². The second-order valence-electron chi connectivity index (χ2n) is 9.82. The van der Waals surface area contributed by atoms with Crippen LogP contribution in [0.25, 0.3) is 11.2 Å². The summed E-state index contributed by atoms with van der Waals surface area (Å²) in [7, 11) is 0. The van der Waals surface area contributed by atoms with Gasteiger partial charge in [-0.1, -0.05) is 12.1 Å². The minimum atomic E-state index is -0.508. The summed E-state index contributed by atoms with van der Waals surface area (Å²) in [6.45, 7) is 0.295. The summed E-state index contributed by atoms with van der Waals surface area (Å²) in [6, 6.07) is 6.29. The van der Waals surface area contributed by atoms with Crippen molar-refractivity contribution in [1.82, 2.24) is 20.3 Å². The number of imidazole rings is 1. The van der Waals surface area contributed by atoms with Crippen LogP contribution >= 0.6 is 0 Å². The van der Waals surface area contributed by atoms with Gasteiger partial charge in [-0.3, -0.25) is 4.79 Å². The predicted molar refractivity (Wildman–Crippen MR) is 117 cm³/mol. The Hall–Kier alpha value is -3.00. The lowest BCUT2D eigenvalue weighted by molar-refractivity contribution is -0.129. The maximum Gasteiger partial charge on any atom is 0.255 e. The molecule has 0 saturated heterocycles. The van der Waals surface area contributed by atoms with Gasteiger partial charge in [-0.2, -0.15) is 0 Å². The molecular weight excluding hydrogens is 409 g/mol. The average Bonchev–Trinajstić information content (AvgIpc) is 3.24. The van der Waals surface area contributed by atoms with Gasteiger partial charge in [0.2, 0.25) is 0 Å². The molecule has 166 valence electrons. The zero-order valence-corrected chi connectivity index (χ0v) is 17.6. The molecule has 1 amide bonds. The number of rotatable bonds is 5. The second kappa shape index (κ2) is 7.27. The van der Waals surface area contributed by atoms with Crippen LogP contribution in [-0.2, 0) is 6.54 Å². The van der Waals surface area contributed by atoms with Crippen LogP contribution in [0.5, 0.6) is 0 Å². The number of fused-ring (bicyclic) bond motifs is 1. The summed E-state index contributed by atoms with van der Waals surface area (Å²) in [5, 5.41) is 17.5. The molecule has 7 rings (SSSR count). The molecular formula is C24H26FN5O2. The number of hydrogen-bond acceptors (Lipinski definition) is 5. The van der Waals surface area contributed by atoms with E-state index in [0.29, 0.717) is 46.7 Å². The Morgan fingerprint density at radius 2 is 1.91 bits per heavy atom. The molecule has 1 aromatic carbocycles. The van der Waals surface area contributed by atoms with Gasteiger partial charge in [0.1, 0.15) is 11.3 Å². The quantitative estimate of drug-likeness (QED) is 0.492. The lowest BCUT2D eigenvalue weighted by atomic mass is 9.52. The van der Waals surface area contributed by atoms with Gasteiger partial charge < -0.3 is 20.7 Å². The van der Waals surface area contributed by atoms with Gasteiger partial charge in [0.05, 0.1) is 23.2 Å². The summed E-state index contributed by atoms with van der Waals surface area (Å²) >= 11 is 0. The number of nitrogens with one attached hydrogen (secondary N) is 3. The van der Waals surface area contributed by atoms with Crippen molar-refractivity contribution in [3.8, 4) is 0 Å². The predicted octanol–water partition coefficient (Wildman–Crippen LogP) is 3.38. The average molecular weight is 436 g/mol. The molecule has 4 saturated carbocycles. The van der Waals surface area contributed by atoms with Crippen molar-refractivity contribution >= 4 is 22.8 Å². The first-order valence-electron chi connectivity index (χ1n) is 11.3. The van der Waals surface area contributed by atoms with E-state index in [9.17, 15) is 14.3 Å². The van der Waals surface area contributed by atoms with Crippen molar-refractivity contribution in [2.75, 3.05) is 5.32 Å². The number of aromatic nitrogens is 3. The molecule has 0 radical (unpaired) electrons. The van der Waals surface area contributed by atoms with E-state index in [-0.39, 0.29) is 17.8 Å². The first kappa shape index (κ1) is 19.7. The number of hydrogen-bond donors (Lipinski definition) is 4. The van der Waals surface area contributed by atoms with Crippen LogP contribution in [0.3, 0.4) is 0 Å². The number of aromatic amines is 1. The molecule has 4 N–H and O–H groups in total. The van der Waals surface area contributed by atoms with Gasteiger partial charge >= 0.3 is 0 Å². The van der Waals surface area contributed by atoms with Crippen LogP contribution in [0.2, 0.25) is 0 Å². The molecule has 3 unspecified atom stereocenters. The van der Waals surface area contributed by atoms with E-state index in [1.807, 2.05) is 0 Å². The highest BCUT2D eigenvalue weighted by molar-refractivity contribution is 6.05. The smallest absolute Gasteiger partial charge is 0.255 e. The zero-order chi connectivity index (χ0) is 21.9. The van der Waals surface area contributed by atoms with Gasteiger partial charge in [-0.05, 0) is 67.6 Å². The van der Waals surface area contributed by atoms with Crippen molar-refractivity contribution < 1.29 is 14.3 Å². The Bertz CT molecular complexity index is 1160. The Balaban J connectivity index is 1.28. The molecule has 5 atom stereocenters. The minimum Gasteiger partial charge on any atom is -0.390 e. The number of anilines is 1. The van der Waals surface area contributed by atoms with Crippen LogP contribution in [0, 0.1) is 23.6 Å². The summed E-state index contributed by atoms with van der Waals surface area (Å²) in [5.74, 6) is 0.850. The molecule has 4 bridgehead atoms. The molecule has 3 aromatic rings. The van der Waals surface area contributed by atoms with E-state index in [2.05, 4.69) is 25.6 Å². The highest BCUT2D eigenvalue weighted by Crippen LogP contribution is 2.56. The van der Waals surface area contributed by atoms with E-state index in [1.165, 1.54) is 12.1 Å². The number of H-pyrrole nitrogens is 1. The fourth-order valence-corrected chi connectivity index (χ4v) is 6.48. The number of nitrogens with zero attached hydrogens (tertiary/aromatic N) is 2. The summed E-state index contributed by atoms with van der Waals surface area (Å²) in [4.78, 5) is 24.9. The summed E-state index contributed by atoms with van der Waals surface area (Å²) < 4.78 is 13.2. The van der Waals surface area contributed by atoms with E-state index >= 15 is 0 Å². The van der Waals surface area contributed by atoms with Crippen LogP contribution in [0.15, 0.2) is 36.8 Å². The Morgan fingerprint density at radius 3 is 2.62 bits per heavy atom. The molecule has 4 fully saturated rings. The van der Waals surface area contributed by atoms with Gasteiger partial charge in [0, 0.05) is 18.8 Å². The first-order valence-corrected chi connectivity index (χ1v) is 11.3. The summed E-state index contributed by atoms with van der Waals surface area (Å²) in [6.07, 6.45) is 7.98. The standard InChI is InChI=1S/C24H26FN5O2/c25-17-3-1-13(2-4-17)10-27-23(31)18-11-26-22-21(28-12-29-22)20(18)30-19-15-5-14-6-16(19)9-24(32,7-14)8-15/h1-4,11-12,14-16,19,32H,5-10H2,(H,27,31)(H2,26,28,29,30)/t14?,15-,16+,19?,24?. The lowest BCUT2D eigenvalue weighted by Gasteiger charge is -2.58. The topological polar surface area (TPSA) is 103 Å². The second-order valence-corrected chi connectivity index (χ2v) is 9.82. The molecule has 8 heteroatoms.